The third-order valence-electron chi connectivity index (χ3n) is 1.33. The van der Waals surface area contributed by atoms with Gasteiger partial charge in [-0.25, -0.2) is 9.97 Å². The maximum absolute atomic E-state index is 4.58. The largest absolute Gasteiger partial charge is 0.342 e. The molecule has 0 atom stereocenters. The number of hydrogen-bond acceptors (Lipinski definition) is 4. The van der Waals surface area contributed by atoms with E-state index in [9.17, 15) is 0 Å². The van der Waals surface area contributed by atoms with Gasteiger partial charge >= 0.3 is 0 Å². The van der Waals surface area contributed by atoms with Crippen molar-refractivity contribution in [1.29, 1.82) is 0 Å². The van der Waals surface area contributed by atoms with Crippen molar-refractivity contribution in [3.8, 4) is 11.5 Å². The van der Waals surface area contributed by atoms with Crippen LogP contribution in [-0.2, 0) is 0 Å². The standard InChI is InChI=1S/C6H5N3O/c1-4-2-7-6-5(4)8-3-10-9-6/h2-3H,1H3. The van der Waals surface area contributed by atoms with E-state index in [4.69, 9.17) is 0 Å². The van der Waals surface area contributed by atoms with E-state index in [-0.39, 0.29) is 0 Å². The molecule has 0 fully saturated rings. The van der Waals surface area contributed by atoms with E-state index < -0.39 is 0 Å². The third-order valence-corrected chi connectivity index (χ3v) is 1.33. The second-order valence-electron chi connectivity index (χ2n) is 2.04. The van der Waals surface area contributed by atoms with E-state index in [1.165, 1.54) is 6.39 Å². The van der Waals surface area contributed by atoms with Crippen LogP contribution < -0.4 is 0 Å². The summed E-state index contributed by atoms with van der Waals surface area (Å²) in [4.78, 5) is 7.90. The van der Waals surface area contributed by atoms with Gasteiger partial charge in [-0.1, -0.05) is 5.16 Å². The lowest BCUT2D eigenvalue weighted by Gasteiger charge is -1.90. The van der Waals surface area contributed by atoms with Crippen molar-refractivity contribution in [2.45, 2.75) is 6.92 Å². The molecule has 10 heavy (non-hydrogen) atoms. The topological polar surface area (TPSA) is 51.8 Å². The van der Waals surface area contributed by atoms with E-state index in [2.05, 4.69) is 19.6 Å². The molecule has 4 nitrogen and oxygen atoms in total. The molecule has 0 aliphatic carbocycles. The fourth-order valence-corrected chi connectivity index (χ4v) is 0.833. The van der Waals surface area contributed by atoms with Crippen molar-refractivity contribution in [2.75, 3.05) is 0 Å². The first-order chi connectivity index (χ1) is 4.88. The highest BCUT2D eigenvalue weighted by atomic mass is 16.5. The predicted octanol–water partition coefficient (Wildman–Crippen LogP) is 0.878. The molecule has 4 heteroatoms. The molecule has 0 aromatic carbocycles. The highest BCUT2D eigenvalue weighted by Gasteiger charge is 2.09. The predicted molar refractivity (Wildman–Crippen MR) is 33.5 cm³/mol. The minimum atomic E-state index is 0.569. The smallest absolute Gasteiger partial charge is 0.218 e. The monoisotopic (exact) mass is 135 g/mol. The normalized spacial score (nSPS) is 10.5. The molecule has 0 aromatic heterocycles. The average molecular weight is 135 g/mol. The lowest BCUT2D eigenvalue weighted by Crippen LogP contribution is -1.85. The molecule has 2 aliphatic heterocycles. The number of fused-ring (bicyclic) bond motifs is 1. The van der Waals surface area contributed by atoms with Gasteiger partial charge in [0.2, 0.25) is 12.2 Å². The van der Waals surface area contributed by atoms with Crippen molar-refractivity contribution in [1.82, 2.24) is 15.1 Å². The minimum absolute atomic E-state index is 0.569. The first-order valence-corrected chi connectivity index (χ1v) is 2.89. The average Bonchev–Trinajstić information content (AvgIpc) is 2.34. The van der Waals surface area contributed by atoms with Crippen molar-refractivity contribution < 1.29 is 4.52 Å². The summed E-state index contributed by atoms with van der Waals surface area (Å²) in [5, 5.41) is 3.65. The number of hydrogen-bond donors (Lipinski definition) is 0. The Morgan fingerprint density at radius 3 is 3.10 bits per heavy atom. The molecule has 0 aromatic rings. The second kappa shape index (κ2) is 1.76. The molecule has 0 bridgehead atoms. The highest BCUT2D eigenvalue weighted by molar-refractivity contribution is 5.54. The van der Waals surface area contributed by atoms with Gasteiger partial charge in [0.15, 0.2) is 0 Å². The van der Waals surface area contributed by atoms with Crippen LogP contribution in [0, 0.1) is 6.92 Å². The molecule has 0 radical (unpaired) electrons. The van der Waals surface area contributed by atoms with E-state index in [1.54, 1.807) is 6.20 Å². The third kappa shape index (κ3) is 0.586. The molecule has 2 aliphatic rings. The molecule has 0 spiro atoms. The van der Waals surface area contributed by atoms with Gasteiger partial charge in [0.05, 0.1) is 0 Å². The highest BCUT2D eigenvalue weighted by Crippen LogP contribution is 2.17. The SMILES string of the molecule is Cc1cnc2nocnc1-2. The Morgan fingerprint density at radius 1 is 1.40 bits per heavy atom. The van der Waals surface area contributed by atoms with Crippen LogP contribution >= 0.6 is 0 Å². The van der Waals surface area contributed by atoms with Gasteiger partial charge < -0.3 is 4.52 Å². The van der Waals surface area contributed by atoms with Crippen LogP contribution in [0.25, 0.3) is 11.5 Å². The molecule has 0 saturated heterocycles. The van der Waals surface area contributed by atoms with Gasteiger partial charge in [-0.3, -0.25) is 0 Å². The quantitative estimate of drug-likeness (QED) is 0.538. The molecule has 0 N–H and O–H groups in total. The summed E-state index contributed by atoms with van der Waals surface area (Å²) < 4.78 is 4.58. The van der Waals surface area contributed by atoms with Crippen molar-refractivity contribution in [2.24, 2.45) is 0 Å². The van der Waals surface area contributed by atoms with Gasteiger partial charge in [-0.15, -0.1) is 0 Å². The fourth-order valence-electron chi connectivity index (χ4n) is 0.833. The molecular formula is C6H5N3O. The summed E-state index contributed by atoms with van der Waals surface area (Å²) in [6, 6.07) is 0. The van der Waals surface area contributed by atoms with Crippen LogP contribution in [0.15, 0.2) is 17.1 Å². The summed E-state index contributed by atoms with van der Waals surface area (Å²) in [6.45, 7) is 1.93. The summed E-state index contributed by atoms with van der Waals surface area (Å²) >= 11 is 0. The summed E-state index contributed by atoms with van der Waals surface area (Å²) in [5.74, 6) is 0.569. The summed E-state index contributed by atoms with van der Waals surface area (Å²) in [6.07, 6.45) is 3.02. The summed E-state index contributed by atoms with van der Waals surface area (Å²) in [5.41, 5.74) is 1.84. The molecule has 50 valence electrons. The van der Waals surface area contributed by atoms with Gasteiger partial charge in [0.1, 0.15) is 5.69 Å². The van der Waals surface area contributed by atoms with E-state index in [1.807, 2.05) is 6.92 Å². The first-order valence-electron chi connectivity index (χ1n) is 2.89. The van der Waals surface area contributed by atoms with Gasteiger partial charge in [0, 0.05) is 6.20 Å². The van der Waals surface area contributed by atoms with Crippen LogP contribution in [0.5, 0.6) is 0 Å². The molecule has 0 unspecified atom stereocenters. The maximum atomic E-state index is 4.58. The zero-order chi connectivity index (χ0) is 6.97. The van der Waals surface area contributed by atoms with Crippen molar-refractivity contribution >= 4 is 0 Å². The lowest BCUT2D eigenvalue weighted by molar-refractivity contribution is 0.384. The van der Waals surface area contributed by atoms with Crippen molar-refractivity contribution in [3.63, 3.8) is 0 Å². The Bertz CT molecular complexity index is 317. The number of aromatic nitrogens is 3. The number of nitrogens with zero attached hydrogens (tertiary/aromatic N) is 3. The van der Waals surface area contributed by atoms with Crippen LogP contribution in [0.1, 0.15) is 5.56 Å². The van der Waals surface area contributed by atoms with Crippen LogP contribution in [0.2, 0.25) is 0 Å². The van der Waals surface area contributed by atoms with Gasteiger partial charge in [0.25, 0.3) is 0 Å². The van der Waals surface area contributed by atoms with Crippen LogP contribution in [0.4, 0.5) is 0 Å². The fraction of sp³-hybridized carbons (Fsp3) is 0.167. The lowest BCUT2D eigenvalue weighted by atomic mass is 10.3. The molecule has 2 rings (SSSR count). The Morgan fingerprint density at radius 2 is 2.30 bits per heavy atom. The maximum Gasteiger partial charge on any atom is 0.218 e. The minimum Gasteiger partial charge on any atom is -0.342 e. The zero-order valence-electron chi connectivity index (χ0n) is 5.40. The van der Waals surface area contributed by atoms with Crippen molar-refractivity contribution in [3.05, 3.63) is 18.2 Å². The van der Waals surface area contributed by atoms with E-state index in [0.29, 0.717) is 5.82 Å². The van der Waals surface area contributed by atoms with Gasteiger partial charge in [-0.2, -0.15) is 0 Å². The van der Waals surface area contributed by atoms with E-state index >= 15 is 0 Å². The Hall–Kier alpha value is -1.45. The molecule has 0 saturated carbocycles. The second-order valence-corrected chi connectivity index (χ2v) is 2.04. The number of aryl methyl sites for hydroxylation is 1. The zero-order valence-corrected chi connectivity index (χ0v) is 5.40. The Labute approximate surface area is 57.2 Å². The van der Waals surface area contributed by atoms with Crippen LogP contribution in [-0.4, -0.2) is 15.1 Å². The summed E-state index contributed by atoms with van der Waals surface area (Å²) in [7, 11) is 0. The first kappa shape index (κ1) is 5.34. The van der Waals surface area contributed by atoms with Gasteiger partial charge in [-0.05, 0) is 12.5 Å². The molecule has 2 heterocycles. The Kier molecular flexibility index (Phi) is 0.943. The molecular weight excluding hydrogens is 130 g/mol. The number of rotatable bonds is 0. The Balaban J connectivity index is 2.78. The van der Waals surface area contributed by atoms with Crippen LogP contribution in [0.3, 0.4) is 0 Å². The molecule has 0 amide bonds. The van der Waals surface area contributed by atoms with E-state index in [0.717, 1.165) is 11.3 Å².